The Morgan fingerprint density at radius 3 is 2.75 bits per heavy atom. The highest BCUT2D eigenvalue weighted by Gasteiger charge is 2.26. The zero-order valence-corrected chi connectivity index (χ0v) is 16.4. The van der Waals surface area contributed by atoms with Gasteiger partial charge in [0.2, 0.25) is 11.8 Å². The molecule has 1 fully saturated rings. The fraction of sp³-hybridized carbons (Fsp3) is 0.667. The molecule has 0 spiro atoms. The first kappa shape index (κ1) is 23.1. The number of carbonyl (C=O) groups is 2. The minimum absolute atomic E-state index is 0. The number of halogens is 2. The fourth-order valence-corrected chi connectivity index (χ4v) is 3.30. The number of thiazole rings is 1. The molecule has 0 aromatic carbocycles. The van der Waals surface area contributed by atoms with E-state index in [1.165, 1.54) is 0 Å². The van der Waals surface area contributed by atoms with Crippen LogP contribution in [0.25, 0.3) is 0 Å². The van der Waals surface area contributed by atoms with E-state index in [0.717, 1.165) is 24.4 Å². The molecule has 1 saturated heterocycles. The lowest BCUT2D eigenvalue weighted by molar-refractivity contribution is -0.134. The molecule has 1 aromatic rings. The summed E-state index contributed by atoms with van der Waals surface area (Å²) in [5.41, 5.74) is 5.77. The number of hydrogen-bond donors (Lipinski definition) is 2. The van der Waals surface area contributed by atoms with Gasteiger partial charge in [0, 0.05) is 30.6 Å². The maximum absolute atomic E-state index is 12.3. The van der Waals surface area contributed by atoms with Crippen molar-refractivity contribution in [2.45, 2.75) is 38.6 Å². The van der Waals surface area contributed by atoms with Gasteiger partial charge in [0.05, 0.1) is 17.6 Å². The smallest absolute Gasteiger partial charge is 0.241 e. The summed E-state index contributed by atoms with van der Waals surface area (Å²) in [6.45, 7) is 5.21. The van der Waals surface area contributed by atoms with Gasteiger partial charge in [0.1, 0.15) is 0 Å². The van der Waals surface area contributed by atoms with E-state index in [9.17, 15) is 9.59 Å². The third-order valence-corrected chi connectivity index (χ3v) is 4.95. The molecule has 1 aromatic heterocycles. The van der Waals surface area contributed by atoms with Gasteiger partial charge in [-0.1, -0.05) is 13.8 Å². The molecule has 0 radical (unpaired) electrons. The number of likely N-dealkylation sites (tertiary alicyclic amines) is 1. The first-order valence-corrected chi connectivity index (χ1v) is 8.57. The van der Waals surface area contributed by atoms with E-state index in [2.05, 4.69) is 10.3 Å². The van der Waals surface area contributed by atoms with Gasteiger partial charge in [-0.05, 0) is 18.8 Å². The molecule has 3 N–H and O–H groups in total. The SMILES string of the molecule is CC(C)[C@H](N)C(=O)NCC(=O)N1CCCC(c2nccs2)C1.Cl.Cl. The molecule has 138 valence electrons. The number of nitrogens with one attached hydrogen (secondary N) is 1. The molecule has 2 heterocycles. The highest BCUT2D eigenvalue weighted by atomic mass is 35.5. The quantitative estimate of drug-likeness (QED) is 0.793. The Balaban J connectivity index is 0.00000264. The first-order chi connectivity index (χ1) is 10.5. The van der Waals surface area contributed by atoms with E-state index in [0.29, 0.717) is 12.5 Å². The van der Waals surface area contributed by atoms with Gasteiger partial charge >= 0.3 is 0 Å². The van der Waals surface area contributed by atoms with Crippen LogP contribution in [0.2, 0.25) is 0 Å². The number of aromatic nitrogens is 1. The lowest BCUT2D eigenvalue weighted by Crippen LogP contribution is -2.49. The summed E-state index contributed by atoms with van der Waals surface area (Å²) < 4.78 is 0. The van der Waals surface area contributed by atoms with Crippen molar-refractivity contribution in [2.24, 2.45) is 11.7 Å². The van der Waals surface area contributed by atoms with Gasteiger partial charge in [0.15, 0.2) is 0 Å². The Morgan fingerprint density at radius 1 is 1.46 bits per heavy atom. The van der Waals surface area contributed by atoms with Crippen LogP contribution in [0, 0.1) is 5.92 Å². The number of nitrogens with zero attached hydrogens (tertiary/aromatic N) is 2. The van der Waals surface area contributed by atoms with Gasteiger partial charge in [0.25, 0.3) is 0 Å². The highest BCUT2D eigenvalue weighted by molar-refractivity contribution is 7.09. The average molecular weight is 397 g/mol. The average Bonchev–Trinajstić information content (AvgIpc) is 3.06. The molecular weight excluding hydrogens is 371 g/mol. The van der Waals surface area contributed by atoms with Crippen LogP contribution >= 0.6 is 36.2 Å². The van der Waals surface area contributed by atoms with Crippen molar-refractivity contribution in [1.82, 2.24) is 15.2 Å². The van der Waals surface area contributed by atoms with Crippen molar-refractivity contribution >= 4 is 48.0 Å². The number of nitrogens with two attached hydrogens (primary N) is 1. The molecule has 2 atom stereocenters. The second-order valence-electron chi connectivity index (χ2n) is 6.04. The predicted octanol–water partition coefficient (Wildman–Crippen LogP) is 1.79. The number of piperidine rings is 1. The van der Waals surface area contributed by atoms with Crippen LogP contribution in [0.5, 0.6) is 0 Å². The van der Waals surface area contributed by atoms with Crippen molar-refractivity contribution in [3.8, 4) is 0 Å². The van der Waals surface area contributed by atoms with Crippen LogP contribution in [-0.4, -0.2) is 47.4 Å². The Morgan fingerprint density at radius 2 is 2.17 bits per heavy atom. The van der Waals surface area contributed by atoms with E-state index < -0.39 is 6.04 Å². The van der Waals surface area contributed by atoms with Crippen LogP contribution in [-0.2, 0) is 9.59 Å². The highest BCUT2D eigenvalue weighted by Crippen LogP contribution is 2.28. The number of rotatable bonds is 5. The molecule has 6 nitrogen and oxygen atoms in total. The van der Waals surface area contributed by atoms with E-state index in [4.69, 9.17) is 5.73 Å². The molecule has 24 heavy (non-hydrogen) atoms. The molecule has 0 bridgehead atoms. The molecule has 2 rings (SSSR count). The summed E-state index contributed by atoms with van der Waals surface area (Å²) >= 11 is 1.63. The van der Waals surface area contributed by atoms with Crippen molar-refractivity contribution in [3.05, 3.63) is 16.6 Å². The monoisotopic (exact) mass is 396 g/mol. The summed E-state index contributed by atoms with van der Waals surface area (Å²) in [5, 5.41) is 5.69. The topological polar surface area (TPSA) is 88.3 Å². The minimum Gasteiger partial charge on any atom is -0.346 e. The summed E-state index contributed by atoms with van der Waals surface area (Å²) in [7, 11) is 0. The normalized spacial score (nSPS) is 18.3. The van der Waals surface area contributed by atoms with Crippen molar-refractivity contribution in [2.75, 3.05) is 19.6 Å². The summed E-state index contributed by atoms with van der Waals surface area (Å²) in [5.74, 6) is 0.0492. The van der Waals surface area contributed by atoms with Crippen molar-refractivity contribution < 1.29 is 9.59 Å². The summed E-state index contributed by atoms with van der Waals surface area (Å²) in [4.78, 5) is 30.2. The molecule has 1 aliphatic heterocycles. The Kier molecular flexibility index (Phi) is 10.5. The number of hydrogen-bond acceptors (Lipinski definition) is 5. The zero-order chi connectivity index (χ0) is 16.1. The third kappa shape index (κ3) is 6.20. The fourth-order valence-electron chi connectivity index (χ4n) is 2.54. The van der Waals surface area contributed by atoms with Crippen LogP contribution in [0.15, 0.2) is 11.6 Å². The van der Waals surface area contributed by atoms with E-state index in [-0.39, 0.29) is 49.1 Å². The zero-order valence-electron chi connectivity index (χ0n) is 13.9. The van der Waals surface area contributed by atoms with Gasteiger partial charge in [-0.2, -0.15) is 0 Å². The molecule has 9 heteroatoms. The van der Waals surface area contributed by atoms with Crippen molar-refractivity contribution in [3.63, 3.8) is 0 Å². The van der Waals surface area contributed by atoms with E-state index in [1.54, 1.807) is 17.5 Å². The number of amides is 2. The third-order valence-electron chi connectivity index (χ3n) is 4.01. The van der Waals surface area contributed by atoms with Crippen molar-refractivity contribution in [1.29, 1.82) is 0 Å². The van der Waals surface area contributed by atoms with Gasteiger partial charge in [-0.15, -0.1) is 36.2 Å². The molecule has 2 amide bonds. The maximum atomic E-state index is 12.3. The molecule has 0 aliphatic carbocycles. The lowest BCUT2D eigenvalue weighted by atomic mass is 9.98. The molecule has 1 aliphatic rings. The minimum atomic E-state index is -0.572. The van der Waals surface area contributed by atoms with E-state index >= 15 is 0 Å². The lowest BCUT2D eigenvalue weighted by Gasteiger charge is -2.32. The Labute approximate surface area is 159 Å². The Bertz CT molecular complexity index is 514. The first-order valence-electron chi connectivity index (χ1n) is 7.69. The van der Waals surface area contributed by atoms with Gasteiger partial charge < -0.3 is 16.0 Å². The van der Waals surface area contributed by atoms with Crippen LogP contribution in [0.1, 0.15) is 37.6 Å². The van der Waals surface area contributed by atoms with E-state index in [1.807, 2.05) is 24.1 Å². The Hall–Kier alpha value is -0.890. The molecule has 1 unspecified atom stereocenters. The second kappa shape index (κ2) is 10.9. The summed E-state index contributed by atoms with van der Waals surface area (Å²) in [6.07, 6.45) is 3.83. The van der Waals surface area contributed by atoms with Crippen LogP contribution in [0.4, 0.5) is 0 Å². The second-order valence-corrected chi connectivity index (χ2v) is 6.96. The molecular formula is C15H26Cl2N4O2S. The van der Waals surface area contributed by atoms with Crippen LogP contribution in [0.3, 0.4) is 0 Å². The van der Waals surface area contributed by atoms with Crippen LogP contribution < -0.4 is 11.1 Å². The summed E-state index contributed by atoms with van der Waals surface area (Å²) in [6, 6.07) is -0.572. The molecule has 0 saturated carbocycles. The standard InChI is InChI=1S/C15H24N4O2S.2ClH/c1-10(2)13(16)14(21)18-8-12(20)19-6-3-4-11(9-19)15-17-5-7-22-15;;/h5,7,10-11,13H,3-4,6,8-9,16H2,1-2H3,(H,18,21);2*1H/t11?,13-;;/m0../s1. The van der Waals surface area contributed by atoms with Gasteiger partial charge in [-0.3, -0.25) is 9.59 Å². The predicted molar refractivity (Wildman–Crippen MR) is 101 cm³/mol. The van der Waals surface area contributed by atoms with Gasteiger partial charge in [-0.25, -0.2) is 4.98 Å². The number of carbonyl (C=O) groups excluding carboxylic acids is 2. The maximum Gasteiger partial charge on any atom is 0.241 e. The largest absolute Gasteiger partial charge is 0.346 e.